The molecule has 0 N–H and O–H groups in total. The Morgan fingerprint density at radius 1 is 1.24 bits per heavy atom. The first-order valence-electron chi connectivity index (χ1n) is 8.37. The Kier molecular flexibility index (Phi) is 5.09. The van der Waals surface area contributed by atoms with Crippen LogP contribution in [0.5, 0.6) is 0 Å². The third-order valence-electron chi connectivity index (χ3n) is 4.57. The normalized spacial score (nSPS) is 14.0. The SMILES string of the molecule is Cc1ccccc1CN(C)C(=O)c1ccc(Cl)cc1N1CCCC1=O. The van der Waals surface area contributed by atoms with Crippen molar-refractivity contribution in [3.05, 3.63) is 64.2 Å². The Hall–Kier alpha value is -2.33. The summed E-state index contributed by atoms with van der Waals surface area (Å²) in [4.78, 5) is 28.5. The first-order valence-corrected chi connectivity index (χ1v) is 8.75. The largest absolute Gasteiger partial charge is 0.337 e. The Bertz CT molecular complexity index is 819. The molecule has 0 spiro atoms. The van der Waals surface area contributed by atoms with Crippen molar-refractivity contribution in [2.75, 3.05) is 18.5 Å². The lowest BCUT2D eigenvalue weighted by Gasteiger charge is -2.24. The maximum Gasteiger partial charge on any atom is 0.256 e. The molecule has 1 fully saturated rings. The maximum absolute atomic E-state index is 13.0. The van der Waals surface area contributed by atoms with Crippen molar-refractivity contribution < 1.29 is 9.59 Å². The second-order valence-electron chi connectivity index (χ2n) is 6.40. The van der Waals surface area contributed by atoms with E-state index in [4.69, 9.17) is 11.6 Å². The van der Waals surface area contributed by atoms with Gasteiger partial charge in [0.1, 0.15) is 0 Å². The molecule has 0 radical (unpaired) electrons. The van der Waals surface area contributed by atoms with Crippen molar-refractivity contribution in [3.63, 3.8) is 0 Å². The summed E-state index contributed by atoms with van der Waals surface area (Å²) in [5, 5.41) is 0.521. The molecule has 25 heavy (non-hydrogen) atoms. The molecule has 1 heterocycles. The third kappa shape index (κ3) is 3.69. The molecule has 2 aromatic rings. The Labute approximate surface area is 153 Å². The topological polar surface area (TPSA) is 40.6 Å². The minimum Gasteiger partial charge on any atom is -0.337 e. The molecule has 1 aliphatic rings. The second kappa shape index (κ2) is 7.28. The fraction of sp³-hybridized carbons (Fsp3) is 0.300. The van der Waals surface area contributed by atoms with Crippen molar-refractivity contribution in [2.45, 2.75) is 26.3 Å². The van der Waals surface area contributed by atoms with Crippen LogP contribution in [0.25, 0.3) is 0 Å². The zero-order valence-electron chi connectivity index (χ0n) is 14.5. The monoisotopic (exact) mass is 356 g/mol. The predicted molar refractivity (Wildman–Crippen MR) is 100 cm³/mol. The van der Waals surface area contributed by atoms with Crippen LogP contribution in [0.3, 0.4) is 0 Å². The van der Waals surface area contributed by atoms with Gasteiger partial charge in [-0.05, 0) is 42.7 Å². The van der Waals surface area contributed by atoms with Crippen molar-refractivity contribution in [1.82, 2.24) is 4.90 Å². The number of carbonyl (C=O) groups excluding carboxylic acids is 2. The van der Waals surface area contributed by atoms with Crippen LogP contribution in [-0.2, 0) is 11.3 Å². The molecule has 0 atom stereocenters. The van der Waals surface area contributed by atoms with Gasteiger partial charge in [-0.2, -0.15) is 0 Å². The quantitative estimate of drug-likeness (QED) is 0.829. The number of amides is 2. The first kappa shape index (κ1) is 17.5. The van der Waals surface area contributed by atoms with E-state index in [-0.39, 0.29) is 11.8 Å². The lowest BCUT2D eigenvalue weighted by Crippen LogP contribution is -2.31. The van der Waals surface area contributed by atoms with E-state index in [9.17, 15) is 9.59 Å². The van der Waals surface area contributed by atoms with Crippen molar-refractivity contribution in [1.29, 1.82) is 0 Å². The number of halogens is 1. The van der Waals surface area contributed by atoms with E-state index >= 15 is 0 Å². The third-order valence-corrected chi connectivity index (χ3v) is 4.80. The van der Waals surface area contributed by atoms with E-state index in [1.807, 2.05) is 31.2 Å². The molecule has 5 heteroatoms. The lowest BCUT2D eigenvalue weighted by molar-refractivity contribution is -0.117. The van der Waals surface area contributed by atoms with E-state index in [1.165, 1.54) is 0 Å². The number of anilines is 1. The van der Waals surface area contributed by atoms with Gasteiger partial charge in [0, 0.05) is 31.6 Å². The van der Waals surface area contributed by atoms with Crippen LogP contribution >= 0.6 is 11.6 Å². The van der Waals surface area contributed by atoms with E-state index < -0.39 is 0 Å². The smallest absolute Gasteiger partial charge is 0.256 e. The molecule has 0 aliphatic carbocycles. The zero-order valence-corrected chi connectivity index (χ0v) is 15.2. The molecular formula is C20H21ClN2O2. The van der Waals surface area contributed by atoms with Gasteiger partial charge in [-0.1, -0.05) is 35.9 Å². The Morgan fingerprint density at radius 2 is 2.00 bits per heavy atom. The minimum atomic E-state index is -0.116. The van der Waals surface area contributed by atoms with Crippen LogP contribution in [-0.4, -0.2) is 30.3 Å². The minimum absolute atomic E-state index is 0.0397. The van der Waals surface area contributed by atoms with Crippen LogP contribution in [0, 0.1) is 6.92 Å². The van der Waals surface area contributed by atoms with Gasteiger partial charge in [-0.15, -0.1) is 0 Å². The second-order valence-corrected chi connectivity index (χ2v) is 6.83. The van der Waals surface area contributed by atoms with E-state index in [0.29, 0.717) is 35.8 Å². The molecule has 2 aromatic carbocycles. The predicted octanol–water partition coefficient (Wildman–Crippen LogP) is 4.05. The highest BCUT2D eigenvalue weighted by Gasteiger charge is 2.27. The summed E-state index contributed by atoms with van der Waals surface area (Å²) in [6.45, 7) is 3.17. The number of carbonyl (C=O) groups is 2. The van der Waals surface area contributed by atoms with Gasteiger partial charge < -0.3 is 9.80 Å². The number of aryl methyl sites for hydroxylation is 1. The van der Waals surface area contributed by atoms with Gasteiger partial charge in [0.25, 0.3) is 5.91 Å². The summed E-state index contributed by atoms with van der Waals surface area (Å²) in [6.07, 6.45) is 1.32. The highest BCUT2D eigenvalue weighted by atomic mass is 35.5. The highest BCUT2D eigenvalue weighted by molar-refractivity contribution is 6.31. The molecule has 4 nitrogen and oxygen atoms in total. The Morgan fingerprint density at radius 3 is 2.68 bits per heavy atom. The van der Waals surface area contributed by atoms with Crippen LogP contribution in [0.1, 0.15) is 34.3 Å². The van der Waals surface area contributed by atoms with Gasteiger partial charge in [0.15, 0.2) is 0 Å². The highest BCUT2D eigenvalue weighted by Crippen LogP contribution is 2.29. The molecule has 3 rings (SSSR count). The fourth-order valence-electron chi connectivity index (χ4n) is 3.13. The molecule has 2 amide bonds. The van der Waals surface area contributed by atoms with Crippen LogP contribution < -0.4 is 4.90 Å². The van der Waals surface area contributed by atoms with Gasteiger partial charge in [-0.3, -0.25) is 9.59 Å². The maximum atomic E-state index is 13.0. The number of benzene rings is 2. The van der Waals surface area contributed by atoms with Gasteiger partial charge in [-0.25, -0.2) is 0 Å². The summed E-state index contributed by atoms with van der Waals surface area (Å²) < 4.78 is 0. The average molecular weight is 357 g/mol. The Balaban J connectivity index is 1.89. The average Bonchev–Trinajstić information content (AvgIpc) is 3.02. The van der Waals surface area contributed by atoms with Crippen molar-refractivity contribution in [3.8, 4) is 0 Å². The van der Waals surface area contributed by atoms with E-state index in [2.05, 4.69) is 0 Å². The molecule has 1 aliphatic heterocycles. The number of nitrogens with zero attached hydrogens (tertiary/aromatic N) is 2. The summed E-state index contributed by atoms with van der Waals surface area (Å²) in [5.41, 5.74) is 3.37. The van der Waals surface area contributed by atoms with Crippen LogP contribution in [0.15, 0.2) is 42.5 Å². The van der Waals surface area contributed by atoms with Crippen molar-refractivity contribution in [2.24, 2.45) is 0 Å². The fourth-order valence-corrected chi connectivity index (χ4v) is 3.30. The standard InChI is InChI=1S/C20H21ClN2O2/c1-14-6-3-4-7-15(14)13-22(2)20(25)17-10-9-16(21)12-18(17)23-11-5-8-19(23)24/h3-4,6-7,9-10,12H,5,8,11,13H2,1-2H3. The van der Waals surface area contributed by atoms with Crippen molar-refractivity contribution >= 4 is 29.1 Å². The number of hydrogen-bond donors (Lipinski definition) is 0. The number of rotatable bonds is 4. The number of hydrogen-bond acceptors (Lipinski definition) is 2. The molecule has 0 bridgehead atoms. The van der Waals surface area contributed by atoms with Gasteiger partial charge in [0.05, 0.1) is 11.3 Å². The van der Waals surface area contributed by atoms with Crippen LogP contribution in [0.4, 0.5) is 5.69 Å². The molecule has 0 saturated carbocycles. The zero-order chi connectivity index (χ0) is 18.0. The summed E-state index contributed by atoms with van der Waals surface area (Å²) in [5.74, 6) is -0.0764. The molecular weight excluding hydrogens is 336 g/mol. The summed E-state index contributed by atoms with van der Waals surface area (Å²) in [6, 6.07) is 13.1. The van der Waals surface area contributed by atoms with Gasteiger partial charge >= 0.3 is 0 Å². The van der Waals surface area contributed by atoms with Crippen LogP contribution in [0.2, 0.25) is 5.02 Å². The molecule has 1 saturated heterocycles. The summed E-state index contributed by atoms with van der Waals surface area (Å²) >= 11 is 6.11. The van der Waals surface area contributed by atoms with E-state index in [1.54, 1.807) is 35.0 Å². The van der Waals surface area contributed by atoms with Gasteiger partial charge in [0.2, 0.25) is 5.91 Å². The lowest BCUT2D eigenvalue weighted by atomic mass is 10.1. The first-order chi connectivity index (χ1) is 12.0. The summed E-state index contributed by atoms with van der Waals surface area (Å²) in [7, 11) is 1.78. The van der Waals surface area contributed by atoms with E-state index in [0.717, 1.165) is 17.5 Å². The molecule has 130 valence electrons. The molecule has 0 aromatic heterocycles. The molecule has 0 unspecified atom stereocenters.